The number of ether oxygens (including phenoxy) is 1. The molecule has 0 bridgehead atoms. The van der Waals surface area contributed by atoms with Gasteiger partial charge in [-0.15, -0.1) is 0 Å². The molecule has 0 N–H and O–H groups in total. The summed E-state index contributed by atoms with van der Waals surface area (Å²) in [4.78, 5) is 16.4. The molecular weight excluding hydrogens is 319 g/mol. The summed E-state index contributed by atoms with van der Waals surface area (Å²) in [6, 6.07) is 14.3. The summed E-state index contributed by atoms with van der Waals surface area (Å²) >= 11 is 0. The molecule has 0 aliphatic carbocycles. The van der Waals surface area contributed by atoms with Gasteiger partial charge in [-0.05, 0) is 50.6 Å². The number of fused-ring (bicyclic) bond motifs is 1. The molecule has 1 heterocycles. The predicted molar refractivity (Wildman–Crippen MR) is 97.5 cm³/mol. The van der Waals surface area contributed by atoms with Crippen molar-refractivity contribution < 1.29 is 13.9 Å². The predicted octanol–water partition coefficient (Wildman–Crippen LogP) is 4.59. The third kappa shape index (κ3) is 4.10. The van der Waals surface area contributed by atoms with Crippen LogP contribution in [0.4, 0.5) is 20.6 Å². The minimum absolute atomic E-state index is 0.237. The third-order valence-electron chi connectivity index (χ3n) is 4.01. The van der Waals surface area contributed by atoms with Gasteiger partial charge in [0.15, 0.2) is 0 Å². The van der Waals surface area contributed by atoms with Crippen molar-refractivity contribution in [3.8, 4) is 0 Å². The highest BCUT2D eigenvalue weighted by molar-refractivity contribution is 5.93. The largest absolute Gasteiger partial charge is 0.443 e. The number of rotatable bonds is 2. The zero-order chi connectivity index (χ0) is 18.0. The molecule has 1 aliphatic rings. The van der Waals surface area contributed by atoms with Crippen molar-refractivity contribution in [2.75, 3.05) is 22.9 Å². The molecule has 4 nitrogen and oxygen atoms in total. The smallest absolute Gasteiger partial charge is 0.414 e. The molecule has 0 atom stereocenters. The number of amides is 1. The molecule has 1 amide bonds. The van der Waals surface area contributed by atoms with E-state index in [4.69, 9.17) is 4.74 Å². The molecule has 5 heteroatoms. The van der Waals surface area contributed by atoms with Crippen molar-refractivity contribution in [3.63, 3.8) is 0 Å². The van der Waals surface area contributed by atoms with Crippen molar-refractivity contribution in [2.45, 2.75) is 32.9 Å². The van der Waals surface area contributed by atoms with Gasteiger partial charge in [-0.1, -0.05) is 24.3 Å². The van der Waals surface area contributed by atoms with Gasteiger partial charge >= 0.3 is 6.09 Å². The van der Waals surface area contributed by atoms with Gasteiger partial charge in [0.25, 0.3) is 0 Å². The lowest BCUT2D eigenvalue weighted by Crippen LogP contribution is -2.45. The molecular formula is C20H23FN2O2. The van der Waals surface area contributed by atoms with Gasteiger partial charge in [0.1, 0.15) is 11.4 Å². The standard InChI is InChI=1S/C20H23FN2O2/c1-20(2,3)25-19(24)23-13-12-22(17-6-4-5-7-18(17)23)14-15-8-10-16(21)11-9-15/h4-11H,12-14H2,1-3H3. The van der Waals surface area contributed by atoms with Crippen LogP contribution in [0.2, 0.25) is 0 Å². The van der Waals surface area contributed by atoms with E-state index in [2.05, 4.69) is 4.90 Å². The maximum atomic E-state index is 13.1. The molecule has 2 aromatic rings. The first-order valence-corrected chi connectivity index (χ1v) is 8.42. The van der Waals surface area contributed by atoms with E-state index >= 15 is 0 Å². The topological polar surface area (TPSA) is 32.8 Å². The second kappa shape index (κ2) is 6.75. The molecule has 0 spiro atoms. The van der Waals surface area contributed by atoms with Crippen LogP contribution in [0.15, 0.2) is 48.5 Å². The normalized spacial score (nSPS) is 14.2. The molecule has 0 fully saturated rings. The molecule has 0 saturated heterocycles. The number of anilines is 2. The molecule has 0 saturated carbocycles. The molecule has 0 unspecified atom stereocenters. The van der Waals surface area contributed by atoms with E-state index in [1.807, 2.05) is 45.0 Å². The first-order valence-electron chi connectivity index (χ1n) is 8.42. The third-order valence-corrected chi connectivity index (χ3v) is 4.01. The summed E-state index contributed by atoms with van der Waals surface area (Å²) in [5, 5.41) is 0. The van der Waals surface area contributed by atoms with Crippen molar-refractivity contribution in [2.24, 2.45) is 0 Å². The van der Waals surface area contributed by atoms with Crippen LogP contribution in [-0.4, -0.2) is 24.8 Å². The fourth-order valence-corrected chi connectivity index (χ4v) is 2.90. The molecule has 132 valence electrons. The molecule has 25 heavy (non-hydrogen) atoms. The summed E-state index contributed by atoms with van der Waals surface area (Å²) in [5.74, 6) is -0.237. The van der Waals surface area contributed by atoms with Crippen molar-refractivity contribution >= 4 is 17.5 Å². The van der Waals surface area contributed by atoms with E-state index in [0.717, 1.165) is 16.9 Å². The fraction of sp³-hybridized carbons (Fsp3) is 0.350. The Morgan fingerprint density at radius 1 is 1.04 bits per heavy atom. The van der Waals surface area contributed by atoms with Gasteiger partial charge in [0.05, 0.1) is 11.4 Å². The SMILES string of the molecule is CC(C)(C)OC(=O)N1CCN(Cc2ccc(F)cc2)c2ccccc21. The number of para-hydroxylation sites is 2. The van der Waals surface area contributed by atoms with E-state index in [-0.39, 0.29) is 11.9 Å². The Labute approximate surface area is 147 Å². The highest BCUT2D eigenvalue weighted by atomic mass is 19.1. The number of carbonyl (C=O) groups is 1. The lowest BCUT2D eigenvalue weighted by molar-refractivity contribution is 0.0580. The van der Waals surface area contributed by atoms with Crippen LogP contribution in [0.5, 0.6) is 0 Å². The fourth-order valence-electron chi connectivity index (χ4n) is 2.90. The van der Waals surface area contributed by atoms with E-state index < -0.39 is 5.60 Å². The van der Waals surface area contributed by atoms with Gasteiger partial charge in [-0.3, -0.25) is 4.90 Å². The summed E-state index contributed by atoms with van der Waals surface area (Å²) in [5.41, 5.74) is 2.31. The van der Waals surface area contributed by atoms with Gasteiger partial charge in [-0.2, -0.15) is 0 Å². The Morgan fingerprint density at radius 2 is 1.68 bits per heavy atom. The molecule has 0 radical (unpaired) electrons. The Balaban J connectivity index is 1.83. The van der Waals surface area contributed by atoms with Gasteiger partial charge in [0, 0.05) is 19.6 Å². The second-order valence-corrected chi connectivity index (χ2v) is 7.17. The molecule has 3 rings (SSSR count). The molecule has 1 aliphatic heterocycles. The Morgan fingerprint density at radius 3 is 2.32 bits per heavy atom. The van der Waals surface area contributed by atoms with Crippen LogP contribution in [0.25, 0.3) is 0 Å². The Bertz CT molecular complexity index is 753. The minimum atomic E-state index is -0.530. The Hall–Kier alpha value is -2.56. The van der Waals surface area contributed by atoms with Gasteiger partial charge < -0.3 is 9.64 Å². The summed E-state index contributed by atoms with van der Waals surface area (Å²) in [7, 11) is 0. The van der Waals surface area contributed by atoms with Crippen LogP contribution in [-0.2, 0) is 11.3 Å². The zero-order valence-corrected chi connectivity index (χ0v) is 14.8. The van der Waals surface area contributed by atoms with Crippen LogP contribution < -0.4 is 9.80 Å². The van der Waals surface area contributed by atoms with Crippen molar-refractivity contribution in [1.29, 1.82) is 0 Å². The van der Waals surface area contributed by atoms with E-state index in [9.17, 15) is 9.18 Å². The highest BCUT2D eigenvalue weighted by Gasteiger charge is 2.29. The van der Waals surface area contributed by atoms with Gasteiger partial charge in [-0.25, -0.2) is 9.18 Å². The first kappa shape index (κ1) is 17.3. The monoisotopic (exact) mass is 342 g/mol. The summed E-state index contributed by atoms with van der Waals surface area (Å²) in [6.07, 6.45) is -0.332. The van der Waals surface area contributed by atoms with Crippen LogP contribution >= 0.6 is 0 Å². The number of nitrogens with zero attached hydrogens (tertiary/aromatic N) is 2. The van der Waals surface area contributed by atoms with E-state index in [1.165, 1.54) is 12.1 Å². The maximum Gasteiger partial charge on any atom is 0.414 e. The quantitative estimate of drug-likeness (QED) is 0.800. The number of halogens is 1. The first-order chi connectivity index (χ1) is 11.8. The van der Waals surface area contributed by atoms with Crippen molar-refractivity contribution in [1.82, 2.24) is 0 Å². The average Bonchev–Trinajstić information content (AvgIpc) is 2.55. The average molecular weight is 342 g/mol. The minimum Gasteiger partial charge on any atom is -0.443 e. The summed E-state index contributed by atoms with van der Waals surface area (Å²) in [6.45, 7) is 7.49. The number of hydrogen-bond acceptors (Lipinski definition) is 3. The van der Waals surface area contributed by atoms with Crippen LogP contribution in [0, 0.1) is 5.82 Å². The van der Waals surface area contributed by atoms with Gasteiger partial charge in [0.2, 0.25) is 0 Å². The molecule has 0 aromatic heterocycles. The van der Waals surface area contributed by atoms with E-state index in [1.54, 1.807) is 17.0 Å². The highest BCUT2D eigenvalue weighted by Crippen LogP contribution is 2.34. The van der Waals surface area contributed by atoms with Crippen LogP contribution in [0.3, 0.4) is 0 Å². The Kier molecular flexibility index (Phi) is 4.66. The lowest BCUT2D eigenvalue weighted by Gasteiger charge is -2.38. The zero-order valence-electron chi connectivity index (χ0n) is 14.8. The van der Waals surface area contributed by atoms with E-state index in [0.29, 0.717) is 19.6 Å². The van der Waals surface area contributed by atoms with Crippen LogP contribution in [0.1, 0.15) is 26.3 Å². The van der Waals surface area contributed by atoms with Crippen molar-refractivity contribution in [3.05, 3.63) is 59.9 Å². The number of carbonyl (C=O) groups excluding carboxylic acids is 1. The summed E-state index contributed by atoms with van der Waals surface area (Å²) < 4.78 is 18.6. The maximum absolute atomic E-state index is 13.1. The number of hydrogen-bond donors (Lipinski definition) is 0. The number of benzene rings is 2. The second-order valence-electron chi connectivity index (χ2n) is 7.17. The molecule has 2 aromatic carbocycles. The lowest BCUT2D eigenvalue weighted by atomic mass is 10.1.